The SMILES string of the molecule is Cc1cc(C(=O)NNC(=O)CC(C)(C)CC(=O)O)cs1. The van der Waals surface area contributed by atoms with Gasteiger partial charge in [-0.05, 0) is 18.4 Å². The quantitative estimate of drug-likeness (QED) is 0.721. The maximum atomic E-state index is 11.7. The standard InChI is InChI=1S/C13H18N2O4S/c1-8-4-9(7-20-8)12(19)15-14-10(16)5-13(2,3)6-11(17)18/h4,7H,5-6H2,1-3H3,(H,14,16)(H,15,19)(H,17,18). The monoisotopic (exact) mass is 298 g/mol. The van der Waals surface area contributed by atoms with E-state index in [0.29, 0.717) is 5.56 Å². The van der Waals surface area contributed by atoms with E-state index in [1.54, 1.807) is 25.3 Å². The molecular formula is C13H18N2O4S. The van der Waals surface area contributed by atoms with Crippen molar-refractivity contribution in [3.05, 3.63) is 21.9 Å². The molecule has 1 heterocycles. The summed E-state index contributed by atoms with van der Waals surface area (Å²) in [5.74, 6) is -1.77. The maximum absolute atomic E-state index is 11.7. The second-order valence-corrected chi connectivity index (χ2v) is 6.48. The van der Waals surface area contributed by atoms with Gasteiger partial charge in [0, 0.05) is 16.7 Å². The molecule has 0 bridgehead atoms. The highest BCUT2D eigenvalue weighted by molar-refractivity contribution is 7.10. The molecule has 1 aromatic heterocycles. The maximum Gasteiger partial charge on any atom is 0.303 e. The first-order valence-electron chi connectivity index (χ1n) is 6.06. The summed E-state index contributed by atoms with van der Waals surface area (Å²) in [4.78, 5) is 35.0. The molecule has 20 heavy (non-hydrogen) atoms. The van der Waals surface area contributed by atoms with Crippen LogP contribution in [0.15, 0.2) is 11.4 Å². The summed E-state index contributed by atoms with van der Waals surface area (Å²) in [6.07, 6.45) is -0.0969. The Bertz CT molecular complexity index is 522. The van der Waals surface area contributed by atoms with Gasteiger partial charge in [-0.3, -0.25) is 25.2 Å². The Morgan fingerprint density at radius 2 is 1.90 bits per heavy atom. The van der Waals surface area contributed by atoms with Gasteiger partial charge in [0.25, 0.3) is 5.91 Å². The highest BCUT2D eigenvalue weighted by atomic mass is 32.1. The lowest BCUT2D eigenvalue weighted by molar-refractivity contribution is -0.139. The zero-order chi connectivity index (χ0) is 15.3. The number of carboxylic acids is 1. The minimum absolute atomic E-state index is 0.0161. The second-order valence-electron chi connectivity index (χ2n) is 5.36. The fourth-order valence-electron chi connectivity index (χ4n) is 1.71. The molecule has 1 rings (SSSR count). The second kappa shape index (κ2) is 6.51. The molecule has 0 spiro atoms. The summed E-state index contributed by atoms with van der Waals surface area (Å²) >= 11 is 1.45. The number of thiophene rings is 1. The molecule has 0 saturated heterocycles. The first-order chi connectivity index (χ1) is 9.19. The van der Waals surface area contributed by atoms with Crippen molar-refractivity contribution in [3.63, 3.8) is 0 Å². The molecule has 7 heteroatoms. The van der Waals surface area contributed by atoms with E-state index in [0.717, 1.165) is 4.88 Å². The van der Waals surface area contributed by atoms with E-state index >= 15 is 0 Å². The molecule has 0 atom stereocenters. The predicted octanol–water partition coefficient (Wildman–Crippen LogP) is 1.71. The Morgan fingerprint density at radius 3 is 2.40 bits per heavy atom. The summed E-state index contributed by atoms with van der Waals surface area (Å²) in [5.41, 5.74) is 4.42. The Labute approximate surface area is 121 Å². The number of nitrogens with one attached hydrogen (secondary N) is 2. The Hall–Kier alpha value is -1.89. The smallest absolute Gasteiger partial charge is 0.303 e. The number of carboxylic acid groups (broad SMARTS) is 1. The van der Waals surface area contributed by atoms with E-state index in [1.165, 1.54) is 11.3 Å². The van der Waals surface area contributed by atoms with Crippen molar-refractivity contribution in [1.29, 1.82) is 0 Å². The van der Waals surface area contributed by atoms with Crippen LogP contribution in [-0.4, -0.2) is 22.9 Å². The molecular weight excluding hydrogens is 280 g/mol. The predicted molar refractivity (Wildman–Crippen MR) is 75.3 cm³/mol. The number of rotatable bonds is 5. The zero-order valence-electron chi connectivity index (χ0n) is 11.6. The normalized spacial score (nSPS) is 10.9. The molecule has 0 radical (unpaired) electrons. The van der Waals surface area contributed by atoms with Crippen LogP contribution in [0.4, 0.5) is 0 Å². The van der Waals surface area contributed by atoms with Crippen LogP contribution in [0.5, 0.6) is 0 Å². The first-order valence-corrected chi connectivity index (χ1v) is 6.94. The molecule has 0 unspecified atom stereocenters. The summed E-state index contributed by atoms with van der Waals surface area (Å²) < 4.78 is 0. The largest absolute Gasteiger partial charge is 0.481 e. The Balaban J connectivity index is 2.43. The average molecular weight is 298 g/mol. The van der Waals surface area contributed by atoms with Crippen molar-refractivity contribution in [2.45, 2.75) is 33.6 Å². The topological polar surface area (TPSA) is 95.5 Å². The first kappa shape index (κ1) is 16.2. The number of amides is 2. The number of aryl methyl sites for hydroxylation is 1. The molecule has 0 fully saturated rings. The van der Waals surface area contributed by atoms with Crippen LogP contribution in [0.25, 0.3) is 0 Å². The fraction of sp³-hybridized carbons (Fsp3) is 0.462. The van der Waals surface area contributed by atoms with Gasteiger partial charge in [0.05, 0.1) is 12.0 Å². The highest BCUT2D eigenvalue weighted by Gasteiger charge is 2.25. The summed E-state index contributed by atoms with van der Waals surface area (Å²) in [5, 5.41) is 10.4. The van der Waals surface area contributed by atoms with Crippen molar-refractivity contribution in [3.8, 4) is 0 Å². The molecule has 0 aliphatic rings. The van der Waals surface area contributed by atoms with Crippen molar-refractivity contribution >= 4 is 29.1 Å². The van der Waals surface area contributed by atoms with Crippen molar-refractivity contribution < 1.29 is 19.5 Å². The highest BCUT2D eigenvalue weighted by Crippen LogP contribution is 2.24. The van der Waals surface area contributed by atoms with Gasteiger partial charge in [0.15, 0.2) is 0 Å². The molecule has 110 valence electrons. The third-order valence-corrected chi connectivity index (χ3v) is 3.44. The van der Waals surface area contributed by atoms with Gasteiger partial charge in [-0.1, -0.05) is 13.8 Å². The average Bonchev–Trinajstić information content (AvgIpc) is 2.70. The van der Waals surface area contributed by atoms with Crippen molar-refractivity contribution in [2.75, 3.05) is 0 Å². The molecule has 0 aliphatic heterocycles. The number of hydrazine groups is 1. The lowest BCUT2D eigenvalue weighted by Gasteiger charge is -2.21. The van der Waals surface area contributed by atoms with Crippen LogP contribution in [0.2, 0.25) is 0 Å². The minimum atomic E-state index is -0.958. The van der Waals surface area contributed by atoms with Crippen molar-refractivity contribution in [1.82, 2.24) is 10.9 Å². The van der Waals surface area contributed by atoms with Gasteiger partial charge in [-0.25, -0.2) is 0 Å². The fourth-order valence-corrected chi connectivity index (χ4v) is 2.39. The lowest BCUT2D eigenvalue weighted by Crippen LogP contribution is -2.43. The van der Waals surface area contributed by atoms with E-state index in [4.69, 9.17) is 5.11 Å². The van der Waals surface area contributed by atoms with Gasteiger partial charge in [-0.15, -0.1) is 11.3 Å². The number of hydrogen-bond acceptors (Lipinski definition) is 4. The summed E-state index contributed by atoms with van der Waals surface area (Å²) in [7, 11) is 0. The van der Waals surface area contributed by atoms with Crippen LogP contribution >= 0.6 is 11.3 Å². The van der Waals surface area contributed by atoms with Gasteiger partial charge >= 0.3 is 5.97 Å². The van der Waals surface area contributed by atoms with Gasteiger partial charge in [-0.2, -0.15) is 0 Å². The number of carbonyl (C=O) groups is 3. The van der Waals surface area contributed by atoms with Crippen LogP contribution in [0, 0.1) is 12.3 Å². The van der Waals surface area contributed by atoms with Crippen LogP contribution in [-0.2, 0) is 9.59 Å². The van der Waals surface area contributed by atoms with Gasteiger partial charge < -0.3 is 5.11 Å². The van der Waals surface area contributed by atoms with E-state index in [1.807, 2.05) is 6.92 Å². The minimum Gasteiger partial charge on any atom is -0.481 e. The third-order valence-electron chi connectivity index (χ3n) is 2.58. The third kappa shape index (κ3) is 5.40. The van der Waals surface area contributed by atoms with Crippen LogP contribution in [0.3, 0.4) is 0 Å². The summed E-state index contributed by atoms with van der Waals surface area (Å²) in [6, 6.07) is 1.72. The van der Waals surface area contributed by atoms with E-state index in [9.17, 15) is 14.4 Å². The van der Waals surface area contributed by atoms with E-state index in [2.05, 4.69) is 10.9 Å². The number of aliphatic carboxylic acids is 1. The van der Waals surface area contributed by atoms with Gasteiger partial charge in [0.1, 0.15) is 0 Å². The Morgan fingerprint density at radius 1 is 1.25 bits per heavy atom. The van der Waals surface area contributed by atoms with Crippen molar-refractivity contribution in [2.24, 2.45) is 5.41 Å². The molecule has 0 saturated carbocycles. The molecule has 2 amide bonds. The van der Waals surface area contributed by atoms with Gasteiger partial charge in [0.2, 0.25) is 5.91 Å². The lowest BCUT2D eigenvalue weighted by atomic mass is 9.85. The molecule has 1 aromatic rings. The molecule has 0 aliphatic carbocycles. The summed E-state index contributed by atoms with van der Waals surface area (Å²) in [6.45, 7) is 5.25. The Kier molecular flexibility index (Phi) is 5.26. The number of hydrogen-bond donors (Lipinski definition) is 3. The molecule has 0 aromatic carbocycles. The molecule has 6 nitrogen and oxygen atoms in total. The van der Waals surface area contributed by atoms with E-state index < -0.39 is 23.2 Å². The number of carbonyl (C=O) groups excluding carboxylic acids is 2. The van der Waals surface area contributed by atoms with Crippen LogP contribution < -0.4 is 10.9 Å². The van der Waals surface area contributed by atoms with Crippen LogP contribution in [0.1, 0.15) is 41.9 Å². The molecule has 3 N–H and O–H groups in total. The zero-order valence-corrected chi connectivity index (χ0v) is 12.5. The van der Waals surface area contributed by atoms with E-state index in [-0.39, 0.29) is 12.8 Å².